The van der Waals surface area contributed by atoms with Gasteiger partial charge in [0.05, 0.1) is 13.5 Å². The Hall–Kier alpha value is -0.220. The molecule has 0 amide bonds. The zero-order chi connectivity index (χ0) is 11.0. The van der Waals surface area contributed by atoms with Crippen molar-refractivity contribution in [3.05, 3.63) is 0 Å². The average Bonchev–Trinajstić information content (AvgIpc) is 2.21. The summed E-state index contributed by atoms with van der Waals surface area (Å²) in [5, 5.41) is 0. The van der Waals surface area contributed by atoms with E-state index in [9.17, 15) is 4.79 Å². The minimum atomic E-state index is -0.131. The van der Waals surface area contributed by atoms with Crippen molar-refractivity contribution in [1.82, 2.24) is 4.90 Å². The van der Waals surface area contributed by atoms with Gasteiger partial charge < -0.3 is 9.64 Å². The molecule has 0 aliphatic heterocycles. The van der Waals surface area contributed by atoms with Crippen molar-refractivity contribution in [2.24, 2.45) is 0 Å². The average molecular weight is 219 g/mol. The smallest absolute Gasteiger partial charge is 0.306 e. The van der Waals surface area contributed by atoms with E-state index in [4.69, 9.17) is 0 Å². The van der Waals surface area contributed by atoms with E-state index in [1.807, 2.05) is 18.8 Å². The largest absolute Gasteiger partial charge is 0.469 e. The highest BCUT2D eigenvalue weighted by molar-refractivity contribution is 7.98. The molecule has 0 aromatic carbocycles. The van der Waals surface area contributed by atoms with E-state index in [0.29, 0.717) is 12.5 Å². The lowest BCUT2D eigenvalue weighted by Gasteiger charge is -2.23. The lowest BCUT2D eigenvalue weighted by atomic mass is 10.2. The van der Waals surface area contributed by atoms with Crippen molar-refractivity contribution in [3.63, 3.8) is 0 Å². The molecule has 0 aliphatic rings. The van der Waals surface area contributed by atoms with Crippen LogP contribution < -0.4 is 0 Å². The van der Waals surface area contributed by atoms with Crippen LogP contribution in [0.2, 0.25) is 0 Å². The zero-order valence-electron chi connectivity index (χ0n) is 9.58. The number of hydrogen-bond donors (Lipinski definition) is 0. The van der Waals surface area contributed by atoms with Gasteiger partial charge in [-0.25, -0.2) is 0 Å². The maximum absolute atomic E-state index is 10.9. The highest BCUT2D eigenvalue weighted by atomic mass is 32.2. The van der Waals surface area contributed by atoms with Crippen LogP contribution >= 0.6 is 11.8 Å². The molecule has 0 N–H and O–H groups in total. The van der Waals surface area contributed by atoms with Crippen LogP contribution in [0.3, 0.4) is 0 Å². The molecule has 0 aliphatic carbocycles. The van der Waals surface area contributed by atoms with Gasteiger partial charge in [0.2, 0.25) is 0 Å². The third-order valence-corrected chi connectivity index (χ3v) is 3.03. The molecule has 0 spiro atoms. The van der Waals surface area contributed by atoms with Crippen LogP contribution in [0, 0.1) is 0 Å². The molecule has 0 saturated heterocycles. The summed E-state index contributed by atoms with van der Waals surface area (Å²) in [6.07, 6.45) is 3.76. The van der Waals surface area contributed by atoms with E-state index < -0.39 is 0 Å². The van der Waals surface area contributed by atoms with Crippen LogP contribution in [0.1, 0.15) is 19.8 Å². The van der Waals surface area contributed by atoms with Crippen molar-refractivity contribution in [3.8, 4) is 0 Å². The second-order valence-corrected chi connectivity index (χ2v) is 4.42. The molecule has 3 nitrogen and oxygen atoms in total. The Morgan fingerprint density at radius 3 is 2.71 bits per heavy atom. The lowest BCUT2D eigenvalue weighted by Crippen LogP contribution is -2.31. The minimum Gasteiger partial charge on any atom is -0.469 e. The quantitative estimate of drug-likeness (QED) is 0.609. The van der Waals surface area contributed by atoms with Gasteiger partial charge in [0.25, 0.3) is 0 Å². The summed E-state index contributed by atoms with van der Waals surface area (Å²) in [5.41, 5.74) is 0. The number of carbonyl (C=O) groups excluding carboxylic acids is 1. The first-order valence-corrected chi connectivity index (χ1v) is 6.27. The number of thioether (sulfide) groups is 1. The standard InChI is InChI=1S/C10H21NO2S/c1-9(6-8-14-4)11(2)7-5-10(12)13-3/h9H,5-8H2,1-4H3. The first-order valence-electron chi connectivity index (χ1n) is 4.87. The van der Waals surface area contributed by atoms with Crippen LogP contribution in [0.4, 0.5) is 0 Å². The van der Waals surface area contributed by atoms with Crippen molar-refractivity contribution in [2.75, 3.05) is 32.7 Å². The monoisotopic (exact) mass is 219 g/mol. The van der Waals surface area contributed by atoms with Crippen LogP contribution in [0.25, 0.3) is 0 Å². The molecule has 0 heterocycles. The van der Waals surface area contributed by atoms with Crippen LogP contribution in [0.15, 0.2) is 0 Å². The highest BCUT2D eigenvalue weighted by Crippen LogP contribution is 2.06. The summed E-state index contributed by atoms with van der Waals surface area (Å²) in [7, 11) is 3.48. The Balaban J connectivity index is 3.60. The summed E-state index contributed by atoms with van der Waals surface area (Å²) in [6, 6.07) is 0.534. The lowest BCUT2D eigenvalue weighted by molar-refractivity contribution is -0.141. The Labute approximate surface area is 91.2 Å². The van der Waals surface area contributed by atoms with Crippen LogP contribution in [0.5, 0.6) is 0 Å². The molecule has 1 unspecified atom stereocenters. The number of hydrogen-bond acceptors (Lipinski definition) is 4. The Bertz CT molecular complexity index is 164. The van der Waals surface area contributed by atoms with E-state index in [2.05, 4.69) is 22.8 Å². The van der Waals surface area contributed by atoms with Gasteiger partial charge in [-0.05, 0) is 32.4 Å². The van der Waals surface area contributed by atoms with E-state index in [1.165, 1.54) is 19.3 Å². The van der Waals surface area contributed by atoms with Crippen molar-refractivity contribution in [1.29, 1.82) is 0 Å². The van der Waals surface area contributed by atoms with Crippen molar-refractivity contribution in [2.45, 2.75) is 25.8 Å². The third kappa shape index (κ3) is 6.27. The number of esters is 1. The first-order chi connectivity index (χ1) is 6.61. The number of methoxy groups -OCH3 is 1. The molecule has 14 heavy (non-hydrogen) atoms. The Kier molecular flexibility index (Phi) is 7.99. The molecule has 0 fully saturated rings. The number of rotatable bonds is 7. The highest BCUT2D eigenvalue weighted by Gasteiger charge is 2.10. The zero-order valence-corrected chi connectivity index (χ0v) is 10.4. The maximum Gasteiger partial charge on any atom is 0.306 e. The third-order valence-electron chi connectivity index (χ3n) is 2.39. The predicted octanol–water partition coefficient (Wildman–Crippen LogP) is 1.62. The van der Waals surface area contributed by atoms with Crippen LogP contribution in [-0.2, 0) is 9.53 Å². The SMILES string of the molecule is COC(=O)CCN(C)C(C)CCSC. The molecular formula is C10H21NO2S. The minimum absolute atomic E-state index is 0.131. The van der Waals surface area contributed by atoms with Gasteiger partial charge in [-0.1, -0.05) is 0 Å². The van der Waals surface area contributed by atoms with Crippen molar-refractivity contribution < 1.29 is 9.53 Å². The number of nitrogens with zero attached hydrogens (tertiary/aromatic N) is 1. The topological polar surface area (TPSA) is 29.5 Å². The fourth-order valence-electron chi connectivity index (χ4n) is 1.10. The molecule has 0 aromatic heterocycles. The molecule has 1 atom stereocenters. The molecule has 0 saturated carbocycles. The van der Waals surface area contributed by atoms with Gasteiger partial charge in [-0.3, -0.25) is 4.79 Å². The number of ether oxygens (including phenoxy) is 1. The molecule has 0 bridgehead atoms. The molecule has 4 heteroatoms. The molecule has 84 valence electrons. The normalized spacial score (nSPS) is 12.9. The van der Waals surface area contributed by atoms with E-state index in [1.54, 1.807) is 0 Å². The second-order valence-electron chi connectivity index (χ2n) is 3.44. The molecular weight excluding hydrogens is 198 g/mol. The van der Waals surface area contributed by atoms with E-state index in [-0.39, 0.29) is 5.97 Å². The maximum atomic E-state index is 10.9. The molecule has 0 radical (unpaired) electrons. The van der Waals surface area contributed by atoms with Gasteiger partial charge in [0.15, 0.2) is 0 Å². The summed E-state index contributed by atoms with van der Waals surface area (Å²) in [6.45, 7) is 2.97. The molecule has 0 rings (SSSR count). The second kappa shape index (κ2) is 8.12. The number of carbonyl (C=O) groups is 1. The fraction of sp³-hybridized carbons (Fsp3) is 0.900. The van der Waals surface area contributed by atoms with Gasteiger partial charge in [-0.15, -0.1) is 0 Å². The Morgan fingerprint density at radius 1 is 1.57 bits per heavy atom. The van der Waals surface area contributed by atoms with Gasteiger partial charge in [0, 0.05) is 12.6 Å². The van der Waals surface area contributed by atoms with Gasteiger partial charge in [0.1, 0.15) is 0 Å². The summed E-state index contributed by atoms with van der Waals surface area (Å²) >= 11 is 1.86. The van der Waals surface area contributed by atoms with Crippen LogP contribution in [-0.4, -0.2) is 49.6 Å². The van der Waals surface area contributed by atoms with Gasteiger partial charge >= 0.3 is 5.97 Å². The van der Waals surface area contributed by atoms with Crippen molar-refractivity contribution >= 4 is 17.7 Å². The summed E-state index contributed by atoms with van der Waals surface area (Å²) < 4.78 is 4.59. The van der Waals surface area contributed by atoms with Gasteiger partial charge in [-0.2, -0.15) is 11.8 Å². The van der Waals surface area contributed by atoms with E-state index in [0.717, 1.165) is 6.54 Å². The summed E-state index contributed by atoms with van der Waals surface area (Å²) in [4.78, 5) is 13.1. The predicted molar refractivity (Wildman–Crippen MR) is 61.7 cm³/mol. The van der Waals surface area contributed by atoms with E-state index >= 15 is 0 Å². The molecule has 0 aromatic rings. The summed E-state index contributed by atoms with van der Waals surface area (Å²) in [5.74, 6) is 1.04. The first kappa shape index (κ1) is 13.8. The fourth-order valence-corrected chi connectivity index (χ4v) is 1.68. The Morgan fingerprint density at radius 2 is 2.21 bits per heavy atom.